The van der Waals surface area contributed by atoms with Gasteiger partial charge in [0.2, 0.25) is 0 Å². The Morgan fingerprint density at radius 1 is 0.905 bits per heavy atom. The standard InChI is InChI=1S/C9H12O.C8H8N2O/c1-3-10-9-6-4-8(2)5-7-9;1-5-2-3-6-7(4-5)10-8(11)9-6/h4-7H,3H2,1-2H3;2-4H,1H3,(H2,9,10,11). The van der Waals surface area contributed by atoms with Gasteiger partial charge in [0.05, 0.1) is 17.6 Å². The number of imidazole rings is 1. The number of aryl methyl sites for hydroxylation is 2. The van der Waals surface area contributed by atoms with Crippen molar-refractivity contribution in [1.82, 2.24) is 9.97 Å². The molecule has 0 unspecified atom stereocenters. The summed E-state index contributed by atoms with van der Waals surface area (Å²) >= 11 is 0. The van der Waals surface area contributed by atoms with E-state index in [2.05, 4.69) is 16.9 Å². The van der Waals surface area contributed by atoms with Gasteiger partial charge in [0.15, 0.2) is 0 Å². The highest BCUT2D eigenvalue weighted by molar-refractivity contribution is 5.74. The lowest BCUT2D eigenvalue weighted by Crippen LogP contribution is -1.99. The second-order valence-corrected chi connectivity index (χ2v) is 4.87. The second-order valence-electron chi connectivity index (χ2n) is 4.87. The number of ether oxygens (including phenoxy) is 1. The summed E-state index contributed by atoms with van der Waals surface area (Å²) in [4.78, 5) is 16.2. The van der Waals surface area contributed by atoms with Crippen LogP contribution in [0.3, 0.4) is 0 Å². The van der Waals surface area contributed by atoms with Gasteiger partial charge in [0.25, 0.3) is 0 Å². The fraction of sp³-hybridized carbons (Fsp3) is 0.235. The van der Waals surface area contributed by atoms with E-state index in [0.29, 0.717) is 0 Å². The number of hydrogen-bond acceptors (Lipinski definition) is 2. The molecule has 0 bridgehead atoms. The summed E-state index contributed by atoms with van der Waals surface area (Å²) in [5, 5.41) is 0. The maximum absolute atomic E-state index is 10.8. The van der Waals surface area contributed by atoms with Crippen molar-refractivity contribution in [3.63, 3.8) is 0 Å². The molecule has 0 radical (unpaired) electrons. The Balaban J connectivity index is 0.000000155. The van der Waals surface area contributed by atoms with Gasteiger partial charge in [-0.15, -0.1) is 0 Å². The number of aromatic nitrogens is 2. The molecule has 2 N–H and O–H groups in total. The van der Waals surface area contributed by atoms with Crippen molar-refractivity contribution in [2.45, 2.75) is 20.8 Å². The van der Waals surface area contributed by atoms with Crippen molar-refractivity contribution in [2.24, 2.45) is 0 Å². The minimum Gasteiger partial charge on any atom is -0.494 e. The number of aromatic amines is 2. The molecule has 4 nitrogen and oxygen atoms in total. The number of H-pyrrole nitrogens is 2. The van der Waals surface area contributed by atoms with Gasteiger partial charge >= 0.3 is 5.69 Å². The van der Waals surface area contributed by atoms with Crippen LogP contribution in [-0.4, -0.2) is 16.6 Å². The van der Waals surface area contributed by atoms with Crippen LogP contribution in [-0.2, 0) is 0 Å². The van der Waals surface area contributed by atoms with Crippen LogP contribution in [0.4, 0.5) is 0 Å². The van der Waals surface area contributed by atoms with Crippen molar-refractivity contribution < 1.29 is 4.74 Å². The molecule has 0 saturated heterocycles. The molecule has 21 heavy (non-hydrogen) atoms. The first kappa shape index (κ1) is 14.9. The first-order valence-electron chi connectivity index (χ1n) is 6.96. The topological polar surface area (TPSA) is 57.9 Å². The van der Waals surface area contributed by atoms with Crippen LogP contribution in [0.2, 0.25) is 0 Å². The van der Waals surface area contributed by atoms with E-state index in [1.54, 1.807) is 0 Å². The zero-order chi connectivity index (χ0) is 15.2. The molecular weight excluding hydrogens is 264 g/mol. The molecule has 3 aromatic rings. The van der Waals surface area contributed by atoms with Crippen LogP contribution in [0.1, 0.15) is 18.1 Å². The third-order valence-corrected chi connectivity index (χ3v) is 3.00. The monoisotopic (exact) mass is 284 g/mol. The van der Waals surface area contributed by atoms with Crippen LogP contribution in [0, 0.1) is 13.8 Å². The largest absolute Gasteiger partial charge is 0.494 e. The lowest BCUT2D eigenvalue weighted by atomic mass is 10.2. The van der Waals surface area contributed by atoms with E-state index < -0.39 is 0 Å². The highest BCUT2D eigenvalue weighted by atomic mass is 16.5. The molecule has 0 spiro atoms. The van der Waals surface area contributed by atoms with Crippen molar-refractivity contribution in [2.75, 3.05) is 6.61 Å². The molecule has 110 valence electrons. The molecule has 0 amide bonds. The number of nitrogens with one attached hydrogen (secondary N) is 2. The van der Waals surface area contributed by atoms with Crippen molar-refractivity contribution in [3.8, 4) is 5.75 Å². The zero-order valence-corrected chi connectivity index (χ0v) is 12.6. The Morgan fingerprint density at radius 3 is 2.19 bits per heavy atom. The maximum atomic E-state index is 10.8. The highest BCUT2D eigenvalue weighted by Gasteiger charge is 1.95. The Labute approximate surface area is 123 Å². The normalized spacial score (nSPS) is 10.0. The SMILES string of the molecule is CCOc1ccc(C)cc1.Cc1ccc2[nH]c(=O)[nH]c2c1. The fourth-order valence-electron chi connectivity index (χ4n) is 1.95. The summed E-state index contributed by atoms with van der Waals surface area (Å²) in [5.74, 6) is 0.952. The van der Waals surface area contributed by atoms with Crippen molar-refractivity contribution >= 4 is 11.0 Å². The van der Waals surface area contributed by atoms with Crippen LogP contribution in [0.5, 0.6) is 5.75 Å². The van der Waals surface area contributed by atoms with E-state index in [4.69, 9.17) is 4.74 Å². The molecule has 0 aliphatic rings. The molecule has 0 aliphatic carbocycles. The molecular formula is C17H20N2O2. The Kier molecular flexibility index (Phi) is 4.82. The minimum absolute atomic E-state index is 0.148. The van der Waals surface area contributed by atoms with Crippen molar-refractivity contribution in [1.29, 1.82) is 0 Å². The lowest BCUT2D eigenvalue weighted by Gasteiger charge is -2.01. The van der Waals surface area contributed by atoms with E-state index in [9.17, 15) is 4.79 Å². The fourth-order valence-corrected chi connectivity index (χ4v) is 1.95. The number of rotatable bonds is 2. The van der Waals surface area contributed by atoms with Crippen LogP contribution < -0.4 is 10.4 Å². The predicted molar refractivity (Wildman–Crippen MR) is 86.0 cm³/mol. The summed E-state index contributed by atoms with van der Waals surface area (Å²) in [6.45, 7) is 6.78. The molecule has 4 heteroatoms. The average Bonchev–Trinajstić information content (AvgIpc) is 2.82. The van der Waals surface area contributed by atoms with Gasteiger partial charge in [0, 0.05) is 0 Å². The number of fused-ring (bicyclic) bond motifs is 1. The molecule has 3 rings (SSSR count). The molecule has 1 aromatic heterocycles. The van der Waals surface area contributed by atoms with E-state index in [1.165, 1.54) is 5.56 Å². The minimum atomic E-state index is -0.148. The zero-order valence-electron chi connectivity index (χ0n) is 12.6. The highest BCUT2D eigenvalue weighted by Crippen LogP contribution is 2.10. The van der Waals surface area contributed by atoms with Gasteiger partial charge < -0.3 is 14.7 Å². The van der Waals surface area contributed by atoms with Gasteiger partial charge in [-0.25, -0.2) is 4.79 Å². The third kappa shape index (κ3) is 4.24. The Hall–Kier alpha value is -2.49. The van der Waals surface area contributed by atoms with Crippen LogP contribution in [0.15, 0.2) is 47.3 Å². The second kappa shape index (κ2) is 6.79. The molecule has 0 fully saturated rings. The van der Waals surface area contributed by atoms with E-state index in [1.807, 2.05) is 56.3 Å². The molecule has 0 saturated carbocycles. The molecule has 1 heterocycles. The number of hydrogen-bond donors (Lipinski definition) is 2. The third-order valence-electron chi connectivity index (χ3n) is 3.00. The lowest BCUT2D eigenvalue weighted by molar-refractivity contribution is 0.340. The van der Waals surface area contributed by atoms with E-state index in [-0.39, 0.29) is 5.69 Å². The summed E-state index contributed by atoms with van der Waals surface area (Å²) in [6.07, 6.45) is 0. The van der Waals surface area contributed by atoms with Crippen LogP contribution in [0.25, 0.3) is 11.0 Å². The van der Waals surface area contributed by atoms with Crippen LogP contribution >= 0.6 is 0 Å². The van der Waals surface area contributed by atoms with Gasteiger partial charge in [-0.3, -0.25) is 0 Å². The summed E-state index contributed by atoms with van der Waals surface area (Å²) in [5.41, 5.74) is 4.00. The summed E-state index contributed by atoms with van der Waals surface area (Å²) in [7, 11) is 0. The Morgan fingerprint density at radius 2 is 1.52 bits per heavy atom. The van der Waals surface area contributed by atoms with Gasteiger partial charge in [-0.05, 0) is 50.6 Å². The smallest absolute Gasteiger partial charge is 0.323 e. The maximum Gasteiger partial charge on any atom is 0.323 e. The van der Waals surface area contributed by atoms with Gasteiger partial charge in [0.1, 0.15) is 5.75 Å². The van der Waals surface area contributed by atoms with E-state index in [0.717, 1.165) is 29.0 Å². The van der Waals surface area contributed by atoms with Crippen molar-refractivity contribution in [3.05, 3.63) is 64.1 Å². The first-order valence-corrected chi connectivity index (χ1v) is 6.96. The summed E-state index contributed by atoms with van der Waals surface area (Å²) < 4.78 is 5.26. The molecule has 2 aromatic carbocycles. The molecule has 0 atom stereocenters. The summed E-state index contributed by atoms with van der Waals surface area (Å²) in [6, 6.07) is 13.9. The van der Waals surface area contributed by atoms with Gasteiger partial charge in [-0.1, -0.05) is 23.8 Å². The van der Waals surface area contributed by atoms with E-state index >= 15 is 0 Å². The average molecular weight is 284 g/mol. The Bertz CT molecular complexity index is 754. The van der Waals surface area contributed by atoms with Gasteiger partial charge in [-0.2, -0.15) is 0 Å². The quantitative estimate of drug-likeness (QED) is 0.756. The molecule has 0 aliphatic heterocycles. The predicted octanol–water partition coefficient (Wildman–Crippen LogP) is 3.56. The first-order chi connectivity index (χ1) is 10.1. The number of benzene rings is 2.